The molecule has 0 spiro atoms. The summed E-state index contributed by atoms with van der Waals surface area (Å²) in [6.45, 7) is 8.51. The molecule has 0 amide bonds. The lowest BCUT2D eigenvalue weighted by atomic mass is 9.96. The predicted octanol–water partition coefficient (Wildman–Crippen LogP) is 2.84. The zero-order valence-electron chi connectivity index (χ0n) is 10.2. The summed E-state index contributed by atoms with van der Waals surface area (Å²) in [4.78, 5) is 3.91. The summed E-state index contributed by atoms with van der Waals surface area (Å²) >= 11 is 0. The van der Waals surface area contributed by atoms with E-state index in [4.69, 9.17) is 5.26 Å². The number of aliphatic imine (C=N–C) groups is 1. The molecule has 0 saturated carbocycles. The fraction of sp³-hybridized carbons (Fsp3) is 0.200. The van der Waals surface area contributed by atoms with Crippen LogP contribution in [0.2, 0.25) is 0 Å². The Morgan fingerprint density at radius 3 is 2.56 bits per heavy atom. The van der Waals surface area contributed by atoms with Gasteiger partial charge in [0.2, 0.25) is 0 Å². The van der Waals surface area contributed by atoms with Gasteiger partial charge < -0.3 is 5.32 Å². The SMILES string of the molecule is C=C(C#N)/N=C/C(=C)c1ccc(C2CCN2)cc1. The molecule has 1 fully saturated rings. The fourth-order valence-corrected chi connectivity index (χ4v) is 1.76. The molecule has 1 N–H and O–H groups in total. The van der Waals surface area contributed by atoms with E-state index in [2.05, 4.69) is 35.6 Å². The van der Waals surface area contributed by atoms with Gasteiger partial charge in [-0.05, 0) is 29.7 Å². The Morgan fingerprint density at radius 1 is 1.39 bits per heavy atom. The van der Waals surface area contributed by atoms with Crippen molar-refractivity contribution in [2.24, 2.45) is 4.99 Å². The van der Waals surface area contributed by atoms with E-state index in [1.54, 1.807) is 6.21 Å². The van der Waals surface area contributed by atoms with Gasteiger partial charge >= 0.3 is 0 Å². The highest BCUT2D eigenvalue weighted by atomic mass is 15.0. The Bertz CT molecular complexity index is 528. The summed E-state index contributed by atoms with van der Waals surface area (Å²) in [6.07, 6.45) is 2.77. The van der Waals surface area contributed by atoms with Crippen LogP contribution < -0.4 is 5.32 Å². The van der Waals surface area contributed by atoms with E-state index in [-0.39, 0.29) is 5.70 Å². The number of hydrogen-bond acceptors (Lipinski definition) is 3. The van der Waals surface area contributed by atoms with Crippen LogP contribution in [0.15, 0.2) is 48.1 Å². The molecule has 90 valence electrons. The van der Waals surface area contributed by atoms with Crippen LogP contribution >= 0.6 is 0 Å². The zero-order chi connectivity index (χ0) is 13.0. The Hall–Kier alpha value is -2.18. The molecule has 1 unspecified atom stereocenters. The monoisotopic (exact) mass is 237 g/mol. The van der Waals surface area contributed by atoms with Crippen molar-refractivity contribution in [2.75, 3.05) is 6.54 Å². The van der Waals surface area contributed by atoms with Crippen molar-refractivity contribution in [2.45, 2.75) is 12.5 Å². The number of rotatable bonds is 4. The molecule has 3 nitrogen and oxygen atoms in total. The molecule has 3 heteroatoms. The van der Waals surface area contributed by atoms with Gasteiger partial charge in [0, 0.05) is 12.3 Å². The van der Waals surface area contributed by atoms with Gasteiger partial charge in [0.25, 0.3) is 0 Å². The molecule has 1 saturated heterocycles. The number of benzene rings is 1. The molecule has 0 bridgehead atoms. The second kappa shape index (κ2) is 5.44. The van der Waals surface area contributed by atoms with Crippen LogP contribution in [0.25, 0.3) is 5.57 Å². The largest absolute Gasteiger partial charge is 0.310 e. The lowest BCUT2D eigenvalue weighted by Crippen LogP contribution is -2.34. The second-order valence-corrected chi connectivity index (χ2v) is 4.26. The topological polar surface area (TPSA) is 48.2 Å². The summed E-state index contributed by atoms with van der Waals surface area (Å²) in [5.74, 6) is 0. The number of nitrogens with one attached hydrogen (secondary N) is 1. The number of hydrogen-bond donors (Lipinski definition) is 1. The van der Waals surface area contributed by atoms with Crippen LogP contribution in [0.5, 0.6) is 0 Å². The Kier molecular flexibility index (Phi) is 3.71. The third-order valence-electron chi connectivity index (χ3n) is 3.01. The van der Waals surface area contributed by atoms with E-state index in [1.165, 1.54) is 12.0 Å². The van der Waals surface area contributed by atoms with E-state index >= 15 is 0 Å². The molecule has 1 aromatic rings. The quantitative estimate of drug-likeness (QED) is 0.646. The zero-order valence-corrected chi connectivity index (χ0v) is 10.2. The normalized spacial score (nSPS) is 18.1. The highest BCUT2D eigenvalue weighted by molar-refractivity contribution is 6.09. The summed E-state index contributed by atoms with van der Waals surface area (Å²) in [5.41, 5.74) is 3.27. The molecule has 1 aromatic carbocycles. The minimum atomic E-state index is 0.187. The molecule has 1 atom stereocenters. The minimum Gasteiger partial charge on any atom is -0.310 e. The standard InChI is InChI=1S/C15H15N3/c1-11(10-18-12(2)9-16)13-3-5-14(6-4-13)15-7-8-17-15/h3-6,10,15,17H,1-2,7-8H2/b18-10+. The lowest BCUT2D eigenvalue weighted by molar-refractivity contribution is 0.383. The average molecular weight is 237 g/mol. The van der Waals surface area contributed by atoms with Gasteiger partial charge in [-0.15, -0.1) is 0 Å². The van der Waals surface area contributed by atoms with Crippen molar-refractivity contribution in [3.8, 4) is 6.07 Å². The number of nitrogens with zero attached hydrogens (tertiary/aromatic N) is 2. The maximum absolute atomic E-state index is 8.55. The van der Waals surface area contributed by atoms with E-state index in [1.807, 2.05) is 18.2 Å². The Morgan fingerprint density at radius 2 is 2.06 bits per heavy atom. The molecule has 0 radical (unpaired) electrons. The van der Waals surface area contributed by atoms with Gasteiger partial charge in [0.1, 0.15) is 11.8 Å². The first-order chi connectivity index (χ1) is 8.70. The summed E-state index contributed by atoms with van der Waals surface area (Å²) in [7, 11) is 0. The van der Waals surface area contributed by atoms with Gasteiger partial charge in [-0.25, -0.2) is 4.99 Å². The van der Waals surface area contributed by atoms with Gasteiger partial charge in [-0.1, -0.05) is 37.4 Å². The van der Waals surface area contributed by atoms with Crippen LogP contribution in [0, 0.1) is 11.3 Å². The van der Waals surface area contributed by atoms with Crippen molar-refractivity contribution < 1.29 is 0 Å². The van der Waals surface area contributed by atoms with Crippen molar-refractivity contribution >= 4 is 11.8 Å². The van der Waals surface area contributed by atoms with E-state index in [0.717, 1.165) is 17.7 Å². The Balaban J connectivity index is 2.05. The molecule has 1 heterocycles. The lowest BCUT2D eigenvalue weighted by Gasteiger charge is -2.28. The third-order valence-corrected chi connectivity index (χ3v) is 3.01. The Labute approximate surface area is 107 Å². The van der Waals surface area contributed by atoms with Crippen LogP contribution in [0.3, 0.4) is 0 Å². The highest BCUT2D eigenvalue weighted by Gasteiger charge is 2.17. The summed E-state index contributed by atoms with van der Waals surface area (Å²) < 4.78 is 0. The van der Waals surface area contributed by atoms with Gasteiger partial charge in [0.15, 0.2) is 0 Å². The third kappa shape index (κ3) is 2.73. The molecule has 18 heavy (non-hydrogen) atoms. The van der Waals surface area contributed by atoms with Crippen molar-refractivity contribution in [3.05, 3.63) is 54.2 Å². The predicted molar refractivity (Wildman–Crippen MR) is 74.1 cm³/mol. The smallest absolute Gasteiger partial charge is 0.133 e. The van der Waals surface area contributed by atoms with Crippen molar-refractivity contribution in [3.63, 3.8) is 0 Å². The van der Waals surface area contributed by atoms with E-state index in [0.29, 0.717) is 6.04 Å². The van der Waals surface area contributed by atoms with Gasteiger partial charge in [-0.2, -0.15) is 5.26 Å². The first-order valence-corrected chi connectivity index (χ1v) is 5.86. The van der Waals surface area contributed by atoms with Crippen LogP contribution in [0.1, 0.15) is 23.6 Å². The van der Waals surface area contributed by atoms with Crippen LogP contribution in [0.4, 0.5) is 0 Å². The summed E-state index contributed by atoms with van der Waals surface area (Å²) in [5, 5.41) is 11.9. The maximum atomic E-state index is 8.55. The molecule has 0 aromatic heterocycles. The van der Waals surface area contributed by atoms with Gasteiger partial charge in [0.05, 0.1) is 0 Å². The van der Waals surface area contributed by atoms with Crippen molar-refractivity contribution in [1.82, 2.24) is 5.32 Å². The highest BCUT2D eigenvalue weighted by Crippen LogP contribution is 2.23. The first-order valence-electron chi connectivity index (χ1n) is 5.86. The fourth-order valence-electron chi connectivity index (χ4n) is 1.76. The van der Waals surface area contributed by atoms with Crippen LogP contribution in [-0.2, 0) is 0 Å². The average Bonchev–Trinajstić information content (AvgIpc) is 2.34. The molecule has 1 aliphatic rings. The van der Waals surface area contributed by atoms with E-state index < -0.39 is 0 Å². The minimum absolute atomic E-state index is 0.187. The maximum Gasteiger partial charge on any atom is 0.133 e. The van der Waals surface area contributed by atoms with Gasteiger partial charge in [-0.3, -0.25) is 0 Å². The number of allylic oxidation sites excluding steroid dienone is 2. The molecule has 1 aliphatic heterocycles. The molecular formula is C15H15N3. The van der Waals surface area contributed by atoms with Crippen LogP contribution in [-0.4, -0.2) is 12.8 Å². The molecule has 0 aliphatic carbocycles. The number of nitriles is 1. The summed E-state index contributed by atoms with van der Waals surface area (Å²) in [6, 6.07) is 10.6. The molecular weight excluding hydrogens is 222 g/mol. The van der Waals surface area contributed by atoms with Crippen molar-refractivity contribution in [1.29, 1.82) is 5.26 Å². The molecule has 2 rings (SSSR count). The second-order valence-electron chi connectivity index (χ2n) is 4.26. The van der Waals surface area contributed by atoms with E-state index in [9.17, 15) is 0 Å². The first kappa shape index (κ1) is 12.3.